The van der Waals surface area contributed by atoms with Gasteiger partial charge in [-0.2, -0.15) is 0 Å². The van der Waals surface area contributed by atoms with Gasteiger partial charge in [-0.05, 0) is 23.1 Å². The highest BCUT2D eigenvalue weighted by molar-refractivity contribution is 7.13. The first kappa shape index (κ1) is 8.34. The van der Waals surface area contributed by atoms with E-state index in [4.69, 9.17) is 5.73 Å². The molecule has 0 unspecified atom stereocenters. The maximum atomic E-state index is 5.60. The lowest BCUT2D eigenvalue weighted by molar-refractivity contribution is 1.08. The van der Waals surface area contributed by atoms with Gasteiger partial charge in [0.25, 0.3) is 0 Å². The summed E-state index contributed by atoms with van der Waals surface area (Å²) in [5.74, 6) is 0. The molecule has 0 radical (unpaired) electrons. The molecule has 13 heavy (non-hydrogen) atoms. The highest BCUT2D eigenvalue weighted by atomic mass is 32.1. The fourth-order valence-electron chi connectivity index (χ4n) is 1.15. The molecule has 0 aliphatic carbocycles. The van der Waals surface area contributed by atoms with Crippen LogP contribution in [0.15, 0.2) is 30.0 Å². The van der Waals surface area contributed by atoms with Crippen molar-refractivity contribution in [2.45, 2.75) is 6.54 Å². The van der Waals surface area contributed by atoms with Gasteiger partial charge in [-0.3, -0.25) is 0 Å². The standard InChI is InChI=1S/C9H9N3S/c10-5-7-2-4-13-9(7)8-1-3-11-6-12-8/h1-4,6H,5,10H2. The second-order valence-electron chi connectivity index (χ2n) is 2.57. The minimum absolute atomic E-state index is 0.558. The van der Waals surface area contributed by atoms with Crippen LogP contribution in [-0.4, -0.2) is 9.97 Å². The van der Waals surface area contributed by atoms with E-state index in [2.05, 4.69) is 9.97 Å². The van der Waals surface area contributed by atoms with Crippen molar-refractivity contribution < 1.29 is 0 Å². The molecule has 2 rings (SSSR count). The van der Waals surface area contributed by atoms with Gasteiger partial charge in [0.1, 0.15) is 6.33 Å². The third-order valence-electron chi connectivity index (χ3n) is 1.78. The van der Waals surface area contributed by atoms with Gasteiger partial charge in [0.15, 0.2) is 0 Å². The monoisotopic (exact) mass is 191 g/mol. The van der Waals surface area contributed by atoms with Gasteiger partial charge >= 0.3 is 0 Å². The molecule has 0 amide bonds. The lowest BCUT2D eigenvalue weighted by Gasteiger charge is -1.98. The minimum atomic E-state index is 0.558. The Balaban J connectivity index is 2.47. The van der Waals surface area contributed by atoms with Gasteiger partial charge in [0.05, 0.1) is 10.6 Å². The van der Waals surface area contributed by atoms with E-state index in [0.717, 1.165) is 16.1 Å². The Morgan fingerprint density at radius 3 is 3.00 bits per heavy atom. The topological polar surface area (TPSA) is 51.8 Å². The molecule has 2 N–H and O–H groups in total. The average molecular weight is 191 g/mol. The first-order chi connectivity index (χ1) is 6.42. The van der Waals surface area contributed by atoms with E-state index in [1.165, 1.54) is 0 Å². The molecule has 3 nitrogen and oxygen atoms in total. The van der Waals surface area contributed by atoms with Crippen LogP contribution in [0.3, 0.4) is 0 Å². The van der Waals surface area contributed by atoms with Crippen molar-refractivity contribution in [1.82, 2.24) is 9.97 Å². The molecule has 0 fully saturated rings. The highest BCUT2D eigenvalue weighted by Gasteiger charge is 2.05. The Hall–Kier alpha value is -1.26. The second kappa shape index (κ2) is 3.64. The molecule has 0 aliphatic heterocycles. The summed E-state index contributed by atoms with van der Waals surface area (Å²) >= 11 is 1.66. The number of nitrogens with zero attached hydrogens (tertiary/aromatic N) is 2. The second-order valence-corrected chi connectivity index (χ2v) is 3.49. The Bertz CT molecular complexity index is 383. The molecule has 4 heteroatoms. The van der Waals surface area contributed by atoms with Crippen molar-refractivity contribution in [3.63, 3.8) is 0 Å². The van der Waals surface area contributed by atoms with Crippen LogP contribution in [0.25, 0.3) is 10.6 Å². The zero-order chi connectivity index (χ0) is 9.10. The molecule has 0 aromatic carbocycles. The zero-order valence-electron chi connectivity index (χ0n) is 6.97. The van der Waals surface area contributed by atoms with Crippen molar-refractivity contribution in [2.75, 3.05) is 0 Å². The quantitative estimate of drug-likeness (QED) is 0.785. The van der Waals surface area contributed by atoms with Crippen molar-refractivity contribution in [1.29, 1.82) is 0 Å². The van der Waals surface area contributed by atoms with Crippen LogP contribution >= 0.6 is 11.3 Å². The molecular formula is C9H9N3S. The number of thiophene rings is 1. The molecule has 2 aromatic heterocycles. The summed E-state index contributed by atoms with van der Waals surface area (Å²) in [6.07, 6.45) is 3.29. The van der Waals surface area contributed by atoms with Gasteiger partial charge in [-0.25, -0.2) is 9.97 Å². The summed E-state index contributed by atoms with van der Waals surface area (Å²) in [7, 11) is 0. The van der Waals surface area contributed by atoms with E-state index >= 15 is 0 Å². The molecule has 66 valence electrons. The molecule has 0 saturated carbocycles. The van der Waals surface area contributed by atoms with Crippen LogP contribution < -0.4 is 5.73 Å². The fourth-order valence-corrected chi connectivity index (χ4v) is 2.06. The summed E-state index contributed by atoms with van der Waals surface area (Å²) < 4.78 is 0. The van der Waals surface area contributed by atoms with Crippen LogP contribution in [0.2, 0.25) is 0 Å². The molecule has 0 atom stereocenters. The average Bonchev–Trinajstić information content (AvgIpc) is 2.67. The van der Waals surface area contributed by atoms with Crippen molar-refractivity contribution in [3.8, 4) is 10.6 Å². The lowest BCUT2D eigenvalue weighted by atomic mass is 10.2. The molecular weight excluding hydrogens is 182 g/mol. The summed E-state index contributed by atoms with van der Waals surface area (Å²) in [5, 5.41) is 2.03. The largest absolute Gasteiger partial charge is 0.326 e. The molecule has 0 saturated heterocycles. The third kappa shape index (κ3) is 1.59. The predicted octanol–water partition coefficient (Wildman–Crippen LogP) is 1.66. The lowest BCUT2D eigenvalue weighted by Crippen LogP contribution is -1.96. The summed E-state index contributed by atoms with van der Waals surface area (Å²) in [6, 6.07) is 3.92. The van der Waals surface area contributed by atoms with Crippen molar-refractivity contribution in [3.05, 3.63) is 35.6 Å². The first-order valence-corrected chi connectivity index (χ1v) is 4.82. The smallest absolute Gasteiger partial charge is 0.116 e. The van der Waals surface area contributed by atoms with Crippen LogP contribution in [-0.2, 0) is 6.54 Å². The molecule has 2 heterocycles. The van der Waals surface area contributed by atoms with E-state index in [1.807, 2.05) is 17.5 Å². The normalized spacial score (nSPS) is 10.2. The predicted molar refractivity (Wildman–Crippen MR) is 53.2 cm³/mol. The Kier molecular flexibility index (Phi) is 2.33. The van der Waals surface area contributed by atoms with Gasteiger partial charge in [0.2, 0.25) is 0 Å². The van der Waals surface area contributed by atoms with Crippen LogP contribution in [0.1, 0.15) is 5.56 Å². The highest BCUT2D eigenvalue weighted by Crippen LogP contribution is 2.26. The van der Waals surface area contributed by atoms with E-state index in [9.17, 15) is 0 Å². The van der Waals surface area contributed by atoms with Gasteiger partial charge in [-0.15, -0.1) is 11.3 Å². The Labute approximate surface area is 80.3 Å². The van der Waals surface area contributed by atoms with Gasteiger partial charge in [-0.1, -0.05) is 0 Å². The molecule has 0 spiro atoms. The number of hydrogen-bond donors (Lipinski definition) is 1. The summed E-state index contributed by atoms with van der Waals surface area (Å²) in [5.41, 5.74) is 7.69. The molecule has 0 bridgehead atoms. The van der Waals surface area contributed by atoms with E-state index in [1.54, 1.807) is 23.9 Å². The summed E-state index contributed by atoms with van der Waals surface area (Å²) in [4.78, 5) is 9.19. The SMILES string of the molecule is NCc1ccsc1-c1ccncn1. The first-order valence-electron chi connectivity index (χ1n) is 3.94. The number of aromatic nitrogens is 2. The number of hydrogen-bond acceptors (Lipinski definition) is 4. The molecule has 0 aliphatic rings. The van der Waals surface area contributed by atoms with Gasteiger partial charge in [0, 0.05) is 12.7 Å². The van der Waals surface area contributed by atoms with Crippen LogP contribution in [0.4, 0.5) is 0 Å². The third-order valence-corrected chi connectivity index (χ3v) is 2.76. The maximum absolute atomic E-state index is 5.60. The number of rotatable bonds is 2. The minimum Gasteiger partial charge on any atom is -0.326 e. The maximum Gasteiger partial charge on any atom is 0.116 e. The summed E-state index contributed by atoms with van der Waals surface area (Å²) in [6.45, 7) is 0.558. The van der Waals surface area contributed by atoms with E-state index in [-0.39, 0.29) is 0 Å². The molecule has 2 aromatic rings. The van der Waals surface area contributed by atoms with Crippen LogP contribution in [0.5, 0.6) is 0 Å². The van der Waals surface area contributed by atoms with Gasteiger partial charge < -0.3 is 5.73 Å². The van der Waals surface area contributed by atoms with Crippen molar-refractivity contribution >= 4 is 11.3 Å². The Morgan fingerprint density at radius 1 is 1.38 bits per heavy atom. The zero-order valence-corrected chi connectivity index (χ0v) is 7.79. The van der Waals surface area contributed by atoms with Crippen LogP contribution in [0, 0.1) is 0 Å². The fraction of sp³-hybridized carbons (Fsp3) is 0.111. The van der Waals surface area contributed by atoms with E-state index < -0.39 is 0 Å². The Morgan fingerprint density at radius 2 is 2.31 bits per heavy atom. The number of nitrogens with two attached hydrogens (primary N) is 1. The van der Waals surface area contributed by atoms with Crippen molar-refractivity contribution in [2.24, 2.45) is 5.73 Å². The van der Waals surface area contributed by atoms with E-state index in [0.29, 0.717) is 6.54 Å².